The summed E-state index contributed by atoms with van der Waals surface area (Å²) in [5.74, 6) is 2.53. The highest BCUT2D eigenvalue weighted by Crippen LogP contribution is 2.20. The second kappa shape index (κ2) is 7.82. The van der Waals surface area contributed by atoms with E-state index in [1.165, 1.54) is 0 Å². The fraction of sp³-hybridized carbons (Fsp3) is 0.250. The van der Waals surface area contributed by atoms with Crippen molar-refractivity contribution in [1.29, 1.82) is 0 Å². The molecule has 0 amide bonds. The summed E-state index contributed by atoms with van der Waals surface area (Å²) in [4.78, 5) is 1.15. The maximum atomic E-state index is 9.08. The van der Waals surface area contributed by atoms with Crippen molar-refractivity contribution in [2.24, 2.45) is 0 Å². The van der Waals surface area contributed by atoms with E-state index in [1.54, 1.807) is 18.9 Å². The Morgan fingerprint density at radius 3 is 2.50 bits per heavy atom. The predicted octanol–water partition coefficient (Wildman–Crippen LogP) is 3.36. The monoisotopic (exact) mass is 290 g/mol. The first kappa shape index (κ1) is 14.8. The maximum Gasteiger partial charge on any atom is 0.119 e. The first-order valence-electron chi connectivity index (χ1n) is 6.41. The van der Waals surface area contributed by atoms with Gasteiger partial charge in [-0.2, -0.15) is 0 Å². The van der Waals surface area contributed by atoms with E-state index in [-0.39, 0.29) is 6.61 Å². The maximum absolute atomic E-state index is 9.08. The van der Waals surface area contributed by atoms with Crippen LogP contribution in [0.5, 0.6) is 11.5 Å². The number of aliphatic hydroxyl groups excluding tert-OH is 1. The Hall–Kier alpha value is -1.65. The van der Waals surface area contributed by atoms with Crippen LogP contribution in [0.2, 0.25) is 0 Å². The highest BCUT2D eigenvalue weighted by molar-refractivity contribution is 7.99. The Balaban J connectivity index is 1.75. The zero-order valence-electron chi connectivity index (χ0n) is 11.4. The Morgan fingerprint density at radius 2 is 1.80 bits per heavy atom. The third-order valence-electron chi connectivity index (χ3n) is 2.76. The number of rotatable bonds is 7. The minimum Gasteiger partial charge on any atom is -0.497 e. The molecule has 0 atom stereocenters. The summed E-state index contributed by atoms with van der Waals surface area (Å²) in [5.41, 5.74) is 0.936. The minimum atomic E-state index is 0.0801. The largest absolute Gasteiger partial charge is 0.497 e. The molecule has 0 bridgehead atoms. The van der Waals surface area contributed by atoms with Gasteiger partial charge in [0, 0.05) is 10.6 Å². The van der Waals surface area contributed by atoms with Crippen LogP contribution in [0.3, 0.4) is 0 Å². The van der Waals surface area contributed by atoms with Crippen molar-refractivity contribution in [3.05, 3.63) is 54.1 Å². The van der Waals surface area contributed by atoms with E-state index < -0.39 is 0 Å². The lowest BCUT2D eigenvalue weighted by atomic mass is 10.2. The molecule has 0 spiro atoms. The molecule has 106 valence electrons. The lowest BCUT2D eigenvalue weighted by Crippen LogP contribution is -2.00. The minimum absolute atomic E-state index is 0.0801. The molecular formula is C16H18O3S. The summed E-state index contributed by atoms with van der Waals surface area (Å²) in [7, 11) is 1.65. The van der Waals surface area contributed by atoms with Gasteiger partial charge < -0.3 is 14.6 Å². The van der Waals surface area contributed by atoms with Gasteiger partial charge in [0.1, 0.15) is 11.5 Å². The molecule has 3 nitrogen and oxygen atoms in total. The number of hydrogen-bond donors (Lipinski definition) is 1. The summed E-state index contributed by atoms with van der Waals surface area (Å²) >= 11 is 1.72. The van der Waals surface area contributed by atoms with Crippen LogP contribution in [-0.4, -0.2) is 24.6 Å². The highest BCUT2D eigenvalue weighted by atomic mass is 32.2. The average molecular weight is 290 g/mol. The smallest absolute Gasteiger partial charge is 0.119 e. The zero-order chi connectivity index (χ0) is 14.2. The highest BCUT2D eigenvalue weighted by Gasteiger charge is 1.98. The van der Waals surface area contributed by atoms with Crippen LogP contribution < -0.4 is 9.47 Å². The molecule has 0 aliphatic carbocycles. The molecule has 0 fully saturated rings. The van der Waals surface area contributed by atoms with Crippen LogP contribution in [0.15, 0.2) is 53.4 Å². The van der Waals surface area contributed by atoms with E-state index in [2.05, 4.69) is 0 Å². The molecular weight excluding hydrogens is 272 g/mol. The number of ether oxygens (including phenoxy) is 2. The van der Waals surface area contributed by atoms with Gasteiger partial charge >= 0.3 is 0 Å². The Morgan fingerprint density at radius 1 is 1.05 bits per heavy atom. The summed E-state index contributed by atoms with van der Waals surface area (Å²) in [6.07, 6.45) is 0. The van der Waals surface area contributed by atoms with Gasteiger partial charge in [0.2, 0.25) is 0 Å². The molecule has 2 aromatic rings. The quantitative estimate of drug-likeness (QED) is 0.627. The lowest BCUT2D eigenvalue weighted by Gasteiger charge is -2.07. The number of aliphatic hydroxyl groups is 1. The molecule has 20 heavy (non-hydrogen) atoms. The van der Waals surface area contributed by atoms with E-state index >= 15 is 0 Å². The second-order valence-electron chi connectivity index (χ2n) is 4.18. The van der Waals surface area contributed by atoms with Crippen molar-refractivity contribution >= 4 is 11.8 Å². The van der Waals surface area contributed by atoms with Crippen molar-refractivity contribution in [2.75, 3.05) is 19.5 Å². The van der Waals surface area contributed by atoms with Crippen molar-refractivity contribution < 1.29 is 14.6 Å². The average Bonchev–Trinajstić information content (AvgIpc) is 2.52. The van der Waals surface area contributed by atoms with Crippen LogP contribution >= 0.6 is 11.8 Å². The summed E-state index contributed by atoms with van der Waals surface area (Å²) in [5, 5.41) is 9.08. The molecule has 0 saturated heterocycles. The standard InChI is InChI=1S/C16H18O3S/c1-18-14-5-7-15(8-6-14)19-9-10-20-16-4-2-3-13(11-16)12-17/h2-8,11,17H,9-10,12H2,1H3. The Bertz CT molecular complexity index is 526. The molecule has 1 N–H and O–H groups in total. The van der Waals surface area contributed by atoms with E-state index in [9.17, 15) is 0 Å². The first-order chi connectivity index (χ1) is 9.81. The van der Waals surface area contributed by atoms with Crippen LogP contribution in [0.1, 0.15) is 5.56 Å². The molecule has 0 saturated carbocycles. The predicted molar refractivity (Wildman–Crippen MR) is 81.6 cm³/mol. The Labute approximate surface area is 123 Å². The first-order valence-corrected chi connectivity index (χ1v) is 7.40. The number of thioether (sulfide) groups is 1. The van der Waals surface area contributed by atoms with E-state index in [4.69, 9.17) is 14.6 Å². The van der Waals surface area contributed by atoms with Gasteiger partial charge in [-0.25, -0.2) is 0 Å². The third kappa shape index (κ3) is 4.47. The van der Waals surface area contributed by atoms with E-state index in [0.717, 1.165) is 27.7 Å². The fourth-order valence-corrected chi connectivity index (χ4v) is 2.54. The number of hydrogen-bond acceptors (Lipinski definition) is 4. The molecule has 4 heteroatoms. The molecule has 0 heterocycles. The normalized spacial score (nSPS) is 10.3. The molecule has 0 aromatic heterocycles. The van der Waals surface area contributed by atoms with Gasteiger partial charge in [0.05, 0.1) is 20.3 Å². The van der Waals surface area contributed by atoms with Crippen LogP contribution in [0.4, 0.5) is 0 Å². The number of methoxy groups -OCH3 is 1. The Kier molecular flexibility index (Phi) is 5.77. The van der Waals surface area contributed by atoms with Crippen molar-refractivity contribution in [1.82, 2.24) is 0 Å². The zero-order valence-corrected chi connectivity index (χ0v) is 12.2. The van der Waals surface area contributed by atoms with Gasteiger partial charge in [-0.1, -0.05) is 12.1 Å². The SMILES string of the molecule is COc1ccc(OCCSc2cccc(CO)c2)cc1. The van der Waals surface area contributed by atoms with Gasteiger partial charge in [-0.05, 0) is 42.0 Å². The van der Waals surface area contributed by atoms with Crippen LogP contribution in [-0.2, 0) is 6.61 Å². The summed E-state index contributed by atoms with van der Waals surface area (Å²) < 4.78 is 10.8. The van der Waals surface area contributed by atoms with E-state index in [0.29, 0.717) is 6.61 Å². The van der Waals surface area contributed by atoms with Gasteiger partial charge in [0.15, 0.2) is 0 Å². The van der Waals surface area contributed by atoms with Crippen LogP contribution in [0, 0.1) is 0 Å². The molecule has 0 radical (unpaired) electrons. The van der Waals surface area contributed by atoms with Gasteiger partial charge in [-0.3, -0.25) is 0 Å². The molecule has 0 unspecified atom stereocenters. The van der Waals surface area contributed by atoms with Crippen molar-refractivity contribution in [3.8, 4) is 11.5 Å². The molecule has 0 aliphatic heterocycles. The summed E-state index contributed by atoms with van der Waals surface area (Å²) in [6.45, 7) is 0.719. The topological polar surface area (TPSA) is 38.7 Å². The molecule has 2 rings (SSSR count). The van der Waals surface area contributed by atoms with Crippen LogP contribution in [0.25, 0.3) is 0 Å². The molecule has 0 aliphatic rings. The number of benzene rings is 2. The molecule has 2 aromatic carbocycles. The van der Waals surface area contributed by atoms with Crippen molar-refractivity contribution in [2.45, 2.75) is 11.5 Å². The fourth-order valence-electron chi connectivity index (χ4n) is 1.72. The third-order valence-corrected chi connectivity index (χ3v) is 3.72. The van der Waals surface area contributed by atoms with Crippen molar-refractivity contribution in [3.63, 3.8) is 0 Å². The second-order valence-corrected chi connectivity index (χ2v) is 5.35. The summed E-state index contributed by atoms with van der Waals surface area (Å²) in [6, 6.07) is 15.5. The van der Waals surface area contributed by atoms with Gasteiger partial charge in [0.25, 0.3) is 0 Å². The van der Waals surface area contributed by atoms with E-state index in [1.807, 2.05) is 48.5 Å². The van der Waals surface area contributed by atoms with Gasteiger partial charge in [-0.15, -0.1) is 11.8 Å². The lowest BCUT2D eigenvalue weighted by molar-refractivity contribution is 0.281.